The summed E-state index contributed by atoms with van der Waals surface area (Å²) in [6.45, 7) is 0. The molecule has 0 bridgehead atoms. The summed E-state index contributed by atoms with van der Waals surface area (Å²) in [5, 5.41) is 1.55. The third-order valence-electron chi connectivity index (χ3n) is 1.84. The fourth-order valence-corrected chi connectivity index (χ4v) is 4.30. The summed E-state index contributed by atoms with van der Waals surface area (Å²) in [4.78, 5) is 0. The summed E-state index contributed by atoms with van der Waals surface area (Å²) < 4.78 is 2.43. The highest BCUT2D eigenvalue weighted by atomic mass is 127. The number of benzene rings is 2. The van der Waals surface area contributed by atoms with Gasteiger partial charge in [0.2, 0.25) is 3.57 Å². The summed E-state index contributed by atoms with van der Waals surface area (Å²) in [6, 6.07) is 16.0. The summed E-state index contributed by atoms with van der Waals surface area (Å²) in [5.41, 5.74) is 0. The van der Waals surface area contributed by atoms with Crippen LogP contribution in [-0.2, 0) is 0 Å². The van der Waals surface area contributed by atoms with Crippen molar-refractivity contribution in [2.45, 2.75) is 0 Å². The van der Waals surface area contributed by atoms with E-state index in [9.17, 15) is 0 Å². The Labute approximate surface area is 109 Å². The molecular weight excluding hydrogens is 342 g/mol. The van der Waals surface area contributed by atoms with E-state index in [1.54, 1.807) is 0 Å². The van der Waals surface area contributed by atoms with E-state index in [0.717, 1.165) is 13.6 Å². The van der Waals surface area contributed by atoms with E-state index in [-0.39, 0.29) is 21.2 Å². The minimum absolute atomic E-state index is 0.279. The first-order chi connectivity index (χ1) is 7.27. The molecule has 0 atom stereocenters. The zero-order valence-electron chi connectivity index (χ0n) is 7.75. The molecule has 0 N–H and O–H groups in total. The Bertz CT molecular complexity index is 434. The molecule has 0 amide bonds. The third-order valence-corrected chi connectivity index (χ3v) is 6.15. The monoisotopic (exact) mass is 349 g/mol. The Morgan fingerprint density at radius 3 is 1.93 bits per heavy atom. The molecule has 0 nitrogen and oxygen atoms in total. The van der Waals surface area contributed by atoms with Crippen LogP contribution in [-0.4, -0.2) is 0 Å². The summed E-state index contributed by atoms with van der Waals surface area (Å²) in [7, 11) is 0. The lowest BCUT2D eigenvalue weighted by molar-refractivity contribution is -0.597. The first kappa shape index (κ1) is 11.2. The van der Waals surface area contributed by atoms with Gasteiger partial charge in [0.05, 0.1) is 10.0 Å². The molecule has 0 aromatic heterocycles. The van der Waals surface area contributed by atoms with Crippen LogP contribution >= 0.6 is 23.2 Å². The molecule has 15 heavy (non-hydrogen) atoms. The summed E-state index contributed by atoms with van der Waals surface area (Å²) in [6.07, 6.45) is 0. The minimum Gasteiger partial charge on any atom is -0.0793 e. The van der Waals surface area contributed by atoms with E-state index in [4.69, 9.17) is 23.2 Å². The highest BCUT2D eigenvalue weighted by Crippen LogP contribution is 2.15. The first-order valence-electron chi connectivity index (χ1n) is 4.41. The van der Waals surface area contributed by atoms with Gasteiger partial charge in [0, 0.05) is 0 Å². The topological polar surface area (TPSA) is 0 Å². The molecule has 0 aliphatic heterocycles. The predicted molar refractivity (Wildman–Crippen MR) is 60.3 cm³/mol. The second-order valence-corrected chi connectivity index (χ2v) is 6.60. The van der Waals surface area contributed by atoms with Gasteiger partial charge in [-0.1, -0.05) is 47.5 Å². The fraction of sp³-hybridized carbons (Fsp3) is 0. The Hall–Kier alpha value is -0.250. The number of halogens is 3. The number of hydrogen-bond donors (Lipinski definition) is 0. The highest BCUT2D eigenvalue weighted by Gasteiger charge is 2.22. The van der Waals surface area contributed by atoms with Crippen molar-refractivity contribution in [3.05, 3.63) is 65.7 Å². The van der Waals surface area contributed by atoms with Gasteiger partial charge in [-0.2, -0.15) is 0 Å². The van der Waals surface area contributed by atoms with Crippen LogP contribution in [0.3, 0.4) is 0 Å². The van der Waals surface area contributed by atoms with Crippen molar-refractivity contribution in [1.29, 1.82) is 0 Å². The molecule has 0 aliphatic rings. The lowest BCUT2D eigenvalue weighted by Crippen LogP contribution is -3.61. The van der Waals surface area contributed by atoms with Crippen molar-refractivity contribution in [1.82, 2.24) is 0 Å². The minimum atomic E-state index is -0.279. The summed E-state index contributed by atoms with van der Waals surface area (Å²) >= 11 is 12.0. The number of rotatable bonds is 2. The molecule has 0 unspecified atom stereocenters. The molecule has 0 heterocycles. The van der Waals surface area contributed by atoms with Crippen LogP contribution in [0.15, 0.2) is 48.5 Å². The van der Waals surface area contributed by atoms with Gasteiger partial charge in [0.1, 0.15) is 0 Å². The molecular formula is C12H8Cl2I+. The molecule has 2 rings (SSSR count). The summed E-state index contributed by atoms with van der Waals surface area (Å²) in [5.74, 6) is 0. The van der Waals surface area contributed by atoms with E-state index >= 15 is 0 Å². The normalized spacial score (nSPS) is 10.3. The molecule has 3 heteroatoms. The molecule has 0 aliphatic carbocycles. The van der Waals surface area contributed by atoms with Crippen LogP contribution in [0.2, 0.25) is 10.0 Å². The SMILES string of the molecule is Clc1cccc(Cl)c1[I+]c1ccccc1. The van der Waals surface area contributed by atoms with Gasteiger partial charge >= 0.3 is 21.2 Å². The average molecular weight is 350 g/mol. The van der Waals surface area contributed by atoms with E-state index in [2.05, 4.69) is 12.1 Å². The van der Waals surface area contributed by atoms with Crippen LogP contribution in [0.5, 0.6) is 0 Å². The van der Waals surface area contributed by atoms with Gasteiger partial charge in [-0.15, -0.1) is 0 Å². The van der Waals surface area contributed by atoms with Crippen LogP contribution in [0.4, 0.5) is 0 Å². The van der Waals surface area contributed by atoms with Gasteiger partial charge in [-0.25, -0.2) is 0 Å². The maximum absolute atomic E-state index is 6.12. The van der Waals surface area contributed by atoms with Crippen molar-refractivity contribution in [3.8, 4) is 0 Å². The maximum atomic E-state index is 6.12. The van der Waals surface area contributed by atoms with E-state index in [0.29, 0.717) is 0 Å². The third kappa shape index (κ3) is 2.86. The Morgan fingerprint density at radius 2 is 1.33 bits per heavy atom. The van der Waals surface area contributed by atoms with Crippen LogP contribution < -0.4 is 21.2 Å². The molecule has 2 aromatic rings. The Kier molecular flexibility index (Phi) is 3.89. The Morgan fingerprint density at radius 1 is 0.733 bits per heavy atom. The molecule has 76 valence electrons. The van der Waals surface area contributed by atoms with E-state index < -0.39 is 0 Å². The molecule has 2 aromatic carbocycles. The van der Waals surface area contributed by atoms with Crippen molar-refractivity contribution in [2.24, 2.45) is 0 Å². The first-order valence-corrected chi connectivity index (χ1v) is 7.32. The lowest BCUT2D eigenvalue weighted by atomic mass is 10.4. The lowest BCUT2D eigenvalue weighted by Gasteiger charge is -1.93. The maximum Gasteiger partial charge on any atom is 0.361 e. The predicted octanol–water partition coefficient (Wildman–Crippen LogP) is 1.12. The highest BCUT2D eigenvalue weighted by molar-refractivity contribution is 6.34. The van der Waals surface area contributed by atoms with Crippen molar-refractivity contribution in [2.75, 3.05) is 0 Å². The van der Waals surface area contributed by atoms with Gasteiger partial charge in [-0.3, -0.25) is 0 Å². The van der Waals surface area contributed by atoms with Gasteiger partial charge in [0.15, 0.2) is 3.57 Å². The van der Waals surface area contributed by atoms with Crippen LogP contribution in [0.1, 0.15) is 0 Å². The largest absolute Gasteiger partial charge is 0.361 e. The van der Waals surface area contributed by atoms with Crippen molar-refractivity contribution in [3.63, 3.8) is 0 Å². The molecule has 0 radical (unpaired) electrons. The van der Waals surface area contributed by atoms with Gasteiger partial charge < -0.3 is 0 Å². The van der Waals surface area contributed by atoms with E-state index in [1.165, 1.54) is 3.57 Å². The zero-order valence-corrected chi connectivity index (χ0v) is 11.4. The quantitative estimate of drug-likeness (QED) is 0.563. The molecule has 0 spiro atoms. The smallest absolute Gasteiger partial charge is 0.0793 e. The van der Waals surface area contributed by atoms with Crippen LogP contribution in [0, 0.1) is 7.14 Å². The van der Waals surface area contributed by atoms with Crippen molar-refractivity contribution < 1.29 is 21.2 Å². The van der Waals surface area contributed by atoms with Crippen molar-refractivity contribution >= 4 is 23.2 Å². The van der Waals surface area contributed by atoms with Crippen LogP contribution in [0.25, 0.3) is 0 Å². The Balaban J connectivity index is 2.32. The molecule has 0 saturated heterocycles. The molecule has 0 fully saturated rings. The second kappa shape index (κ2) is 5.19. The van der Waals surface area contributed by atoms with Gasteiger partial charge in [0.25, 0.3) is 0 Å². The fourth-order valence-electron chi connectivity index (χ4n) is 1.15. The van der Waals surface area contributed by atoms with Gasteiger partial charge in [-0.05, 0) is 24.3 Å². The standard InChI is InChI=1S/C12H8Cl2I/c13-10-7-4-8-11(14)12(10)15-9-5-2-1-3-6-9/h1-8H/q+1. The number of hydrogen-bond acceptors (Lipinski definition) is 0. The zero-order chi connectivity index (χ0) is 10.7. The average Bonchev–Trinajstić information content (AvgIpc) is 2.25. The molecule has 0 saturated carbocycles. The van der Waals surface area contributed by atoms with E-state index in [1.807, 2.05) is 36.4 Å². The second-order valence-electron chi connectivity index (χ2n) is 2.93.